The third kappa shape index (κ3) is 12.7. The van der Waals surface area contributed by atoms with Gasteiger partial charge in [-0.05, 0) is 0 Å². The van der Waals surface area contributed by atoms with Crippen LogP contribution in [-0.2, 0) is 25.8 Å². The van der Waals surface area contributed by atoms with Gasteiger partial charge in [-0.15, -0.1) is 0 Å². The molecular weight excluding hydrogens is 666 g/mol. The molecule has 4 aromatic rings. The smallest absolute Gasteiger partial charge is 1.00 e. The van der Waals surface area contributed by atoms with Crippen LogP contribution < -0.4 is 24.8 Å². The molecule has 0 aromatic heterocycles. The summed E-state index contributed by atoms with van der Waals surface area (Å²) in [5, 5.41) is 0. The molecule has 0 radical (unpaired) electrons. The van der Waals surface area contributed by atoms with Crippen LogP contribution >= 0.6 is 0 Å². The predicted molar refractivity (Wildman–Crippen MR) is 152 cm³/mol. The van der Waals surface area contributed by atoms with E-state index in [2.05, 4.69) is 139 Å². The second-order valence-electron chi connectivity index (χ2n) is 9.91. The van der Waals surface area contributed by atoms with Gasteiger partial charge in [0.15, 0.2) is 0 Å². The summed E-state index contributed by atoms with van der Waals surface area (Å²) in [6, 6.07) is 30.0. The average Bonchev–Trinajstić information content (AvgIpc) is 3.29. The molecule has 0 atom stereocenters. The van der Waals surface area contributed by atoms with E-state index in [-0.39, 0.29) is 50.7 Å². The summed E-state index contributed by atoms with van der Waals surface area (Å²) in [4.78, 5) is 0. The van der Waals surface area contributed by atoms with Gasteiger partial charge >= 0.3 is 25.8 Å². The molecule has 0 aliphatic carbocycles. The topological polar surface area (TPSA) is 0 Å². The van der Waals surface area contributed by atoms with E-state index < -0.39 is 7.59 Å². The Morgan fingerprint density at radius 1 is 0.600 bits per heavy atom. The van der Waals surface area contributed by atoms with E-state index in [4.69, 9.17) is 0 Å². The minimum atomic E-state index is -0.492. The van der Waals surface area contributed by atoms with Gasteiger partial charge in [0.2, 0.25) is 0 Å². The van der Waals surface area contributed by atoms with Crippen LogP contribution in [0.3, 0.4) is 0 Å². The molecule has 35 heavy (non-hydrogen) atoms. The van der Waals surface area contributed by atoms with Gasteiger partial charge in [-0.2, -0.15) is 45.5 Å². The molecule has 0 amide bonds. The number of hydrogen-bond acceptors (Lipinski definition) is 0. The summed E-state index contributed by atoms with van der Waals surface area (Å²) in [6.07, 6.45) is 0. The summed E-state index contributed by atoms with van der Waals surface area (Å²) >= 11 is 0. The largest absolute Gasteiger partial charge is 4.00 e. The molecule has 0 N–H and O–H groups in total. The van der Waals surface area contributed by atoms with Gasteiger partial charge in [-0.1, -0.05) is 126 Å². The van der Waals surface area contributed by atoms with Crippen molar-refractivity contribution < 1.29 is 50.7 Å². The van der Waals surface area contributed by atoms with Crippen molar-refractivity contribution >= 4 is 16.6 Å². The summed E-state index contributed by atoms with van der Waals surface area (Å²) in [5.74, 6) is 0. The minimum absolute atomic E-state index is 0. The summed E-state index contributed by atoms with van der Waals surface area (Å²) in [7, 11) is -0.101. The summed E-state index contributed by atoms with van der Waals surface area (Å²) in [6.45, 7) is 18.3. The van der Waals surface area contributed by atoms with Gasteiger partial charge in [0, 0.05) is 16.6 Å². The van der Waals surface area contributed by atoms with Crippen molar-refractivity contribution in [2.24, 2.45) is 0 Å². The molecule has 0 saturated heterocycles. The fourth-order valence-corrected chi connectivity index (χ4v) is 3.46. The van der Waals surface area contributed by atoms with Crippen LogP contribution in [0.1, 0.15) is 22.3 Å². The Balaban J connectivity index is 0. The van der Waals surface area contributed by atoms with Crippen molar-refractivity contribution in [1.29, 1.82) is 0 Å². The zero-order valence-electron chi connectivity index (χ0n) is 22.5. The molecule has 0 nitrogen and oxygen atoms in total. The molecule has 0 aliphatic rings. The number of aryl methyl sites for hydroxylation is 4. The van der Waals surface area contributed by atoms with E-state index in [1.54, 1.807) is 0 Å². The summed E-state index contributed by atoms with van der Waals surface area (Å²) in [5.41, 5.74) is 10.8. The standard InChI is InChI=1S/2C13H13.C4H14Si2.2ClH.Hf/c2*1-10-8-11(2)13(9-10)12-6-4-3-5-7-12;1-5-6(2,3)4;;;/h2*3-9H,1-2H3;5H2,1-4H3;2*1H;/q2*-1;;;;+4/p-2. The Kier molecular flexibility index (Phi) is 18.1. The van der Waals surface area contributed by atoms with E-state index in [0.29, 0.717) is 9.04 Å². The zero-order valence-corrected chi connectivity index (χ0v) is 30.1. The molecule has 4 aromatic carbocycles. The maximum absolute atomic E-state index is 2.44. The first-order valence-corrected chi connectivity index (χ1v) is 18.9. The van der Waals surface area contributed by atoms with Gasteiger partial charge in [0.05, 0.1) is 0 Å². The minimum Gasteiger partial charge on any atom is -1.00 e. The molecule has 0 saturated carbocycles. The normalized spacial score (nSPS) is 10.1. The Bertz CT molecular complexity index is 997. The maximum atomic E-state index is 2.44. The van der Waals surface area contributed by atoms with Crippen molar-refractivity contribution in [1.82, 2.24) is 0 Å². The van der Waals surface area contributed by atoms with Crippen LogP contribution in [0.5, 0.6) is 0 Å². The fraction of sp³-hybridized carbons (Fsp3) is 0.267. The van der Waals surface area contributed by atoms with E-state index >= 15 is 0 Å². The number of hydrogen-bond donors (Lipinski definition) is 0. The molecule has 0 spiro atoms. The van der Waals surface area contributed by atoms with Gasteiger partial charge in [0.1, 0.15) is 0 Å². The zero-order chi connectivity index (χ0) is 23.7. The van der Waals surface area contributed by atoms with Crippen molar-refractivity contribution in [3.63, 3.8) is 0 Å². The van der Waals surface area contributed by atoms with Gasteiger partial charge < -0.3 is 24.8 Å². The Morgan fingerprint density at radius 2 is 0.886 bits per heavy atom. The van der Waals surface area contributed by atoms with E-state index in [9.17, 15) is 0 Å². The molecule has 0 fully saturated rings. The average molecular weight is 706 g/mol. The van der Waals surface area contributed by atoms with Gasteiger partial charge in [-0.25, -0.2) is 12.1 Å². The molecule has 0 aliphatic heterocycles. The number of rotatable bonds is 3. The second kappa shape index (κ2) is 17.5. The first-order valence-electron chi connectivity index (χ1n) is 11.7. The quantitative estimate of drug-likeness (QED) is 0.227. The first-order chi connectivity index (χ1) is 15.1. The molecule has 0 unspecified atom stereocenters. The van der Waals surface area contributed by atoms with Crippen molar-refractivity contribution in [3.05, 3.63) is 107 Å². The molecule has 0 bridgehead atoms. The van der Waals surface area contributed by atoms with Crippen LogP contribution in [0.15, 0.2) is 84.9 Å². The molecular formula is C30H40Cl2HfSi2. The Labute approximate surface area is 248 Å². The maximum Gasteiger partial charge on any atom is 4.00 e. The third-order valence-electron chi connectivity index (χ3n) is 5.71. The van der Waals surface area contributed by atoms with Crippen LogP contribution in [0.2, 0.25) is 26.2 Å². The number of benzene rings is 2. The van der Waals surface area contributed by atoms with Gasteiger partial charge in [-0.3, -0.25) is 0 Å². The van der Waals surface area contributed by atoms with Crippen LogP contribution in [0.25, 0.3) is 22.3 Å². The van der Waals surface area contributed by atoms with Crippen LogP contribution in [0.4, 0.5) is 0 Å². The van der Waals surface area contributed by atoms with Crippen molar-refractivity contribution in [2.45, 2.75) is 53.9 Å². The molecule has 4 rings (SSSR count). The number of halogens is 2. The monoisotopic (exact) mass is 706 g/mol. The van der Waals surface area contributed by atoms with Crippen molar-refractivity contribution in [2.75, 3.05) is 0 Å². The fourth-order valence-electron chi connectivity index (χ4n) is 3.46. The van der Waals surface area contributed by atoms with E-state index in [1.807, 2.05) is 0 Å². The Hall–Kier alpha value is -0.976. The molecule has 0 heterocycles. The van der Waals surface area contributed by atoms with Gasteiger partial charge in [0.25, 0.3) is 0 Å². The summed E-state index contributed by atoms with van der Waals surface area (Å²) < 4.78 is 0. The second-order valence-corrected chi connectivity index (χ2v) is 24.2. The SMILES string of the molecule is C[SiH2][Si](C)(C)C.Cc1cc(-c2ccccc2)c(C)[cH-]1.Cc1cc(-c2ccccc2)c(C)[cH-]1.[Cl-].[Cl-].[Hf+4]. The van der Waals surface area contributed by atoms with E-state index in [0.717, 1.165) is 0 Å². The Morgan fingerprint density at radius 3 is 1.09 bits per heavy atom. The van der Waals surface area contributed by atoms with Crippen LogP contribution in [-0.4, -0.2) is 16.6 Å². The van der Waals surface area contributed by atoms with Crippen molar-refractivity contribution in [3.8, 4) is 22.3 Å². The molecule has 5 heteroatoms. The van der Waals surface area contributed by atoms with E-state index in [1.165, 1.54) is 44.5 Å². The first kappa shape index (κ1) is 36.2. The third-order valence-corrected chi connectivity index (χ3v) is 14.2. The van der Waals surface area contributed by atoms with Crippen LogP contribution in [0, 0.1) is 27.7 Å². The molecule has 186 valence electrons. The predicted octanol–water partition coefficient (Wildman–Crippen LogP) is 2.42.